The lowest BCUT2D eigenvalue weighted by Gasteiger charge is -2.44. The van der Waals surface area contributed by atoms with Crippen LogP contribution in [0.15, 0.2) is 21.9 Å². The van der Waals surface area contributed by atoms with Gasteiger partial charge in [0.1, 0.15) is 42.7 Å². The second kappa shape index (κ2) is 16.5. The number of aliphatic hydroxyl groups is 4. The Morgan fingerprint density at radius 2 is 1.68 bits per heavy atom. The highest BCUT2D eigenvalue weighted by Crippen LogP contribution is 2.61. The van der Waals surface area contributed by atoms with Crippen molar-refractivity contribution >= 4 is 35.3 Å². The molecule has 2 aliphatic rings. The summed E-state index contributed by atoms with van der Waals surface area (Å²) in [5.74, 6) is -3.34. The number of phosphoric ester groups is 3. The third-order valence-electron chi connectivity index (χ3n) is 6.55. The number of phosphoric acid groups is 3. The number of carbonyl (C=O) groups excluding carboxylic acids is 1. The van der Waals surface area contributed by atoms with Crippen molar-refractivity contribution in [1.82, 2.24) is 14.9 Å². The van der Waals surface area contributed by atoms with E-state index >= 15 is 0 Å². The van der Waals surface area contributed by atoms with Gasteiger partial charge in [0, 0.05) is 19.2 Å². The smallest absolute Gasteiger partial charge is 0.479 e. The van der Waals surface area contributed by atoms with Crippen molar-refractivity contribution in [2.45, 2.75) is 74.6 Å². The van der Waals surface area contributed by atoms with E-state index in [-0.39, 0.29) is 0 Å². The first-order valence-corrected chi connectivity index (χ1v) is 18.0. The van der Waals surface area contributed by atoms with Crippen molar-refractivity contribution in [3.8, 4) is 0 Å². The van der Waals surface area contributed by atoms with Gasteiger partial charge in [0.2, 0.25) is 18.4 Å². The summed E-state index contributed by atoms with van der Waals surface area (Å²) in [6.45, 7) is -1.62. The Bertz CT molecular complexity index is 1640. The molecular formula is C20H31FN3O23P3. The van der Waals surface area contributed by atoms with Gasteiger partial charge in [0.05, 0.1) is 13.2 Å². The lowest BCUT2D eigenvalue weighted by Crippen LogP contribution is -2.65. The van der Waals surface area contributed by atoms with Crippen molar-refractivity contribution < 1.29 is 105 Å². The number of nitrogens with zero attached hydrogens (tertiary/aromatic N) is 1. The summed E-state index contributed by atoms with van der Waals surface area (Å²) < 4.78 is 83.9. The molecule has 0 aromatic carbocycles. The number of alkyl halides is 1. The van der Waals surface area contributed by atoms with E-state index in [1.807, 2.05) is 10.3 Å². The normalized spacial score (nSPS) is 32.4. The Labute approximate surface area is 276 Å². The van der Waals surface area contributed by atoms with Gasteiger partial charge in [-0.15, -0.1) is 0 Å². The summed E-state index contributed by atoms with van der Waals surface area (Å²) in [5.41, 5.74) is -1.88. The quantitative estimate of drug-likeness (QED) is 0.0700. The molecule has 2 fully saturated rings. The Hall–Kier alpha value is -2.36. The van der Waals surface area contributed by atoms with Crippen LogP contribution in [0, 0.1) is 0 Å². The fraction of sp³-hybridized carbons (Fsp3) is 0.700. The van der Waals surface area contributed by atoms with Gasteiger partial charge < -0.3 is 64.6 Å². The lowest BCUT2D eigenvalue weighted by molar-refractivity contribution is -0.282. The fourth-order valence-corrected chi connectivity index (χ4v) is 7.13. The summed E-state index contributed by atoms with van der Waals surface area (Å²) in [7, 11) is -17.3. The largest absolute Gasteiger partial charge is 0.483 e. The molecule has 2 saturated heterocycles. The number of aliphatic carboxylic acids is 1. The molecule has 26 nitrogen and oxygen atoms in total. The molecule has 0 saturated carbocycles. The van der Waals surface area contributed by atoms with Crippen LogP contribution in [0.4, 0.5) is 4.39 Å². The average Bonchev–Trinajstić information content (AvgIpc) is 3.25. The van der Waals surface area contributed by atoms with Gasteiger partial charge in [-0.05, 0) is 0 Å². The summed E-state index contributed by atoms with van der Waals surface area (Å²) in [6, 6.07) is -1.24. The second-order valence-electron chi connectivity index (χ2n) is 10.2. The number of H-pyrrole nitrogens is 1. The summed E-state index contributed by atoms with van der Waals surface area (Å²) >= 11 is 0. The molecule has 1 amide bonds. The molecule has 2 aliphatic heterocycles. The molecule has 3 rings (SSSR count). The topological polar surface area (TPSA) is 399 Å². The summed E-state index contributed by atoms with van der Waals surface area (Å²) in [6.07, 6.45) is -21.6. The molecule has 0 radical (unpaired) electrons. The van der Waals surface area contributed by atoms with Crippen LogP contribution in [0.3, 0.4) is 0 Å². The van der Waals surface area contributed by atoms with Gasteiger partial charge in [0.15, 0.2) is 12.5 Å². The van der Waals surface area contributed by atoms with E-state index in [2.05, 4.69) is 22.6 Å². The van der Waals surface area contributed by atoms with E-state index < -0.39 is 127 Å². The van der Waals surface area contributed by atoms with Gasteiger partial charge in [-0.25, -0.2) is 27.7 Å². The van der Waals surface area contributed by atoms with E-state index in [9.17, 15) is 67.5 Å². The zero-order valence-corrected chi connectivity index (χ0v) is 27.5. The van der Waals surface area contributed by atoms with Crippen molar-refractivity contribution in [3.63, 3.8) is 0 Å². The Kier molecular flexibility index (Phi) is 13.9. The molecule has 11 N–H and O–H groups in total. The molecule has 0 spiro atoms. The number of ether oxygens (including phenoxy) is 3. The van der Waals surface area contributed by atoms with Gasteiger partial charge >= 0.3 is 35.1 Å². The van der Waals surface area contributed by atoms with Crippen molar-refractivity contribution in [2.75, 3.05) is 13.2 Å². The minimum Gasteiger partial charge on any atom is -0.479 e. The first-order valence-electron chi connectivity index (χ1n) is 13.5. The van der Waals surface area contributed by atoms with Crippen molar-refractivity contribution in [3.05, 3.63) is 33.1 Å². The van der Waals surface area contributed by atoms with Gasteiger partial charge in [-0.1, -0.05) is 0 Å². The summed E-state index contributed by atoms with van der Waals surface area (Å²) in [5, 5.41) is 52.1. The number of aliphatic hydroxyl groups excluding tert-OH is 4. The van der Waals surface area contributed by atoms with Crippen LogP contribution in [0.5, 0.6) is 0 Å². The maximum absolute atomic E-state index is 14.7. The molecule has 13 atom stereocenters. The highest BCUT2D eigenvalue weighted by molar-refractivity contribution is 7.61. The number of aromatic amines is 1. The first kappa shape index (κ1) is 42.1. The van der Waals surface area contributed by atoms with Crippen LogP contribution in [0.1, 0.15) is 13.2 Å². The second-order valence-corrected chi connectivity index (χ2v) is 14.4. The van der Waals surface area contributed by atoms with Gasteiger partial charge in [-0.3, -0.25) is 32.7 Å². The first-order chi connectivity index (χ1) is 22.9. The number of aromatic nitrogens is 2. The fourth-order valence-electron chi connectivity index (χ4n) is 4.48. The zero-order valence-electron chi connectivity index (χ0n) is 24.8. The standard InChI is InChI=1S/C20H31FN3O23P3/c1-6(26)22-10-12(29)14(44-16(21)15(18(31)32)45-48(34,35)36)7(4-25)43-19(10)46-50(39,40)47-49(37,38)41-5-8-11(28)13(30)17(42-8)24-3-2-9(27)23-20(24)33/h2-3,7-8,10-17,19,25,28-30H,4-5H2,1H3,(H,22,26)(H,31,32)(H,37,38)(H,39,40)(H,23,27,33)(H2,34,35,36)/t7?,8-,10?,11-,12?,13-,14?,15?,16?,17-,19?/m1/s1. The van der Waals surface area contributed by atoms with Crippen LogP contribution < -0.4 is 16.6 Å². The third-order valence-corrected chi connectivity index (χ3v) is 9.65. The number of halogens is 1. The molecule has 9 unspecified atom stereocenters. The van der Waals surface area contributed by atoms with Crippen LogP contribution in [-0.2, 0) is 55.4 Å². The predicted octanol–water partition coefficient (Wildman–Crippen LogP) is -4.77. The van der Waals surface area contributed by atoms with Crippen LogP contribution >= 0.6 is 23.5 Å². The average molecular weight is 793 g/mol. The number of carboxylic acids is 1. The van der Waals surface area contributed by atoms with Gasteiger partial charge in [0.25, 0.3) is 5.56 Å². The molecule has 50 heavy (non-hydrogen) atoms. The van der Waals surface area contributed by atoms with Crippen LogP contribution in [-0.4, -0.2) is 141 Å². The minimum atomic E-state index is -5.92. The number of nitrogens with one attached hydrogen (secondary N) is 2. The maximum Gasteiger partial charge on any atom is 0.483 e. The Morgan fingerprint density at radius 3 is 2.22 bits per heavy atom. The molecule has 30 heteroatoms. The highest BCUT2D eigenvalue weighted by Gasteiger charge is 2.53. The Morgan fingerprint density at radius 1 is 1.04 bits per heavy atom. The minimum absolute atomic E-state index is 0.661. The monoisotopic (exact) mass is 793 g/mol. The van der Waals surface area contributed by atoms with E-state index in [0.29, 0.717) is 4.57 Å². The molecule has 0 bridgehead atoms. The highest BCUT2D eigenvalue weighted by atomic mass is 31.3. The van der Waals surface area contributed by atoms with E-state index in [1.165, 1.54) is 0 Å². The molecule has 1 aromatic rings. The molecule has 3 heterocycles. The molecule has 1 aromatic heterocycles. The van der Waals surface area contributed by atoms with Crippen molar-refractivity contribution in [2.24, 2.45) is 0 Å². The lowest BCUT2D eigenvalue weighted by atomic mass is 9.96. The SMILES string of the molecule is CC(=O)NC1C(OP(=O)(O)OP(=O)(O)OC[C@H]2O[C@@H](n3ccc(=O)[nH]c3=O)[C@H](O)[C@@H]2O)OC(CO)C(OC(F)C(OP(=O)(O)O)C(=O)O)C1O. The van der Waals surface area contributed by atoms with E-state index in [0.717, 1.165) is 19.2 Å². The maximum atomic E-state index is 14.7. The zero-order chi connectivity index (χ0) is 37.9. The van der Waals surface area contributed by atoms with E-state index in [1.54, 1.807) is 0 Å². The third kappa shape index (κ3) is 11.1. The van der Waals surface area contributed by atoms with Crippen LogP contribution in [0.25, 0.3) is 0 Å². The molecule has 286 valence electrons. The van der Waals surface area contributed by atoms with E-state index in [4.69, 9.17) is 24.4 Å². The number of carboxylic acid groups (broad SMARTS) is 1. The summed E-state index contributed by atoms with van der Waals surface area (Å²) in [4.78, 5) is 86.2. The number of rotatable bonds is 16. The van der Waals surface area contributed by atoms with Crippen LogP contribution in [0.2, 0.25) is 0 Å². The van der Waals surface area contributed by atoms with Crippen molar-refractivity contribution in [1.29, 1.82) is 0 Å². The number of hydrogen-bond donors (Lipinski definition) is 11. The number of amides is 1. The molecule has 0 aliphatic carbocycles. The predicted molar refractivity (Wildman–Crippen MR) is 149 cm³/mol. The number of carbonyl (C=O) groups is 2. The van der Waals surface area contributed by atoms with Gasteiger partial charge in [-0.2, -0.15) is 4.31 Å². The Balaban J connectivity index is 1.72. The molecular weight excluding hydrogens is 762 g/mol. The number of hydrogen-bond acceptors (Lipinski definition) is 18.